The smallest absolute Gasteiger partial charge is 0.0966 e. The van der Waals surface area contributed by atoms with Crippen LogP contribution in [0.4, 0.5) is 0 Å². The van der Waals surface area contributed by atoms with Gasteiger partial charge in [-0.15, -0.1) is 11.3 Å². The van der Waals surface area contributed by atoms with E-state index < -0.39 is 0 Å². The van der Waals surface area contributed by atoms with E-state index in [1.165, 1.54) is 10.7 Å². The van der Waals surface area contributed by atoms with E-state index in [4.69, 9.17) is 14.5 Å². The predicted octanol–water partition coefficient (Wildman–Crippen LogP) is 2.77. The van der Waals surface area contributed by atoms with Crippen LogP contribution < -0.4 is 5.32 Å². The zero-order valence-corrected chi connectivity index (χ0v) is 14.5. The highest BCUT2D eigenvalue weighted by molar-refractivity contribution is 7.09. The van der Waals surface area contributed by atoms with Crippen LogP contribution in [0.25, 0.3) is 0 Å². The lowest BCUT2D eigenvalue weighted by Crippen LogP contribution is -2.48. The molecule has 0 saturated carbocycles. The molecule has 1 N–H and O–H groups in total. The molecule has 1 fully saturated rings. The molecule has 0 aromatic carbocycles. The van der Waals surface area contributed by atoms with Crippen molar-refractivity contribution >= 4 is 11.3 Å². The Labute approximate surface area is 132 Å². The van der Waals surface area contributed by atoms with Crippen LogP contribution in [0, 0.1) is 0 Å². The Morgan fingerprint density at radius 1 is 1.43 bits per heavy atom. The highest BCUT2D eigenvalue weighted by atomic mass is 32.1. The molecule has 0 bridgehead atoms. The van der Waals surface area contributed by atoms with E-state index in [9.17, 15) is 0 Å². The summed E-state index contributed by atoms with van der Waals surface area (Å²) < 4.78 is 11.4. The van der Waals surface area contributed by atoms with Crippen molar-refractivity contribution in [1.82, 2.24) is 10.3 Å². The minimum atomic E-state index is 0.117. The molecular formula is C16H28N2O2S. The first-order chi connectivity index (χ1) is 10.0. The number of hydrogen-bond donors (Lipinski definition) is 1. The van der Waals surface area contributed by atoms with Crippen molar-refractivity contribution in [3.05, 3.63) is 16.1 Å². The molecule has 0 radical (unpaired) electrons. The highest BCUT2D eigenvalue weighted by Crippen LogP contribution is 2.25. The molecule has 2 heterocycles. The fourth-order valence-corrected chi connectivity index (χ4v) is 3.42. The maximum absolute atomic E-state index is 5.87. The molecule has 2 unspecified atom stereocenters. The van der Waals surface area contributed by atoms with Gasteiger partial charge >= 0.3 is 0 Å². The van der Waals surface area contributed by atoms with Crippen LogP contribution in [-0.2, 0) is 21.3 Å². The fourth-order valence-electron chi connectivity index (χ4n) is 2.34. The molecule has 1 saturated heterocycles. The molecule has 0 amide bonds. The van der Waals surface area contributed by atoms with Crippen LogP contribution in [0.5, 0.6) is 0 Å². The fraction of sp³-hybridized carbons (Fsp3) is 0.812. The number of nitrogens with one attached hydrogen (secondary N) is 1. The van der Waals surface area contributed by atoms with Gasteiger partial charge in [0.2, 0.25) is 0 Å². The Morgan fingerprint density at radius 2 is 2.24 bits per heavy atom. The van der Waals surface area contributed by atoms with Gasteiger partial charge in [0.15, 0.2) is 0 Å². The Hall–Kier alpha value is -0.490. The third-order valence-corrected chi connectivity index (χ3v) is 4.53. The number of aromatic nitrogens is 1. The van der Waals surface area contributed by atoms with E-state index in [1.807, 2.05) is 0 Å². The maximum Gasteiger partial charge on any atom is 0.0966 e. The molecule has 21 heavy (non-hydrogen) atoms. The molecule has 2 atom stereocenters. The van der Waals surface area contributed by atoms with Crippen LogP contribution in [0.2, 0.25) is 0 Å². The van der Waals surface area contributed by atoms with Crippen molar-refractivity contribution < 1.29 is 9.47 Å². The van der Waals surface area contributed by atoms with Gasteiger partial charge in [-0.2, -0.15) is 0 Å². The number of thiazole rings is 1. The van der Waals surface area contributed by atoms with Gasteiger partial charge in [0.1, 0.15) is 0 Å². The van der Waals surface area contributed by atoms with E-state index in [-0.39, 0.29) is 17.6 Å². The van der Waals surface area contributed by atoms with E-state index in [0.717, 1.165) is 19.4 Å². The first-order valence-electron chi connectivity index (χ1n) is 7.88. The molecule has 0 aliphatic carbocycles. The van der Waals surface area contributed by atoms with Crippen LogP contribution in [0.1, 0.15) is 44.8 Å². The summed E-state index contributed by atoms with van der Waals surface area (Å²) >= 11 is 1.75. The second-order valence-corrected chi connectivity index (χ2v) is 7.57. The molecule has 1 aromatic rings. The van der Waals surface area contributed by atoms with Crippen molar-refractivity contribution in [1.29, 1.82) is 0 Å². The second kappa shape index (κ2) is 7.68. The van der Waals surface area contributed by atoms with Crippen LogP contribution in [0.3, 0.4) is 0 Å². The maximum atomic E-state index is 5.87. The molecule has 2 rings (SSSR count). The molecule has 120 valence electrons. The monoisotopic (exact) mass is 312 g/mol. The molecule has 1 aromatic heterocycles. The third-order valence-electron chi connectivity index (χ3n) is 3.66. The normalized spacial score (nSPS) is 21.4. The molecular weight excluding hydrogens is 284 g/mol. The summed E-state index contributed by atoms with van der Waals surface area (Å²) in [7, 11) is 0. The Morgan fingerprint density at radius 3 is 2.81 bits per heavy atom. The second-order valence-electron chi connectivity index (χ2n) is 6.63. The Bertz CT molecular complexity index is 422. The summed E-state index contributed by atoms with van der Waals surface area (Å²) in [5.74, 6) is 0. The SMILES string of the molecule is CCCNC(Cc1nc(C(C)(C)C)cs1)C1COCCO1. The topological polar surface area (TPSA) is 43.4 Å². The number of nitrogens with zero attached hydrogens (tertiary/aromatic N) is 1. The van der Waals surface area contributed by atoms with Crippen LogP contribution in [-0.4, -0.2) is 43.5 Å². The van der Waals surface area contributed by atoms with Gasteiger partial charge in [0.25, 0.3) is 0 Å². The summed E-state index contributed by atoms with van der Waals surface area (Å²) in [4.78, 5) is 4.81. The first kappa shape index (κ1) is 16.9. The van der Waals surface area contributed by atoms with Gasteiger partial charge in [0, 0.05) is 23.3 Å². The summed E-state index contributed by atoms with van der Waals surface area (Å²) in [6.07, 6.45) is 2.16. The van der Waals surface area contributed by atoms with Crippen molar-refractivity contribution in [3.8, 4) is 0 Å². The van der Waals surface area contributed by atoms with Crippen LogP contribution in [0.15, 0.2) is 5.38 Å². The average Bonchev–Trinajstić information content (AvgIpc) is 2.93. The summed E-state index contributed by atoms with van der Waals surface area (Å²) in [6, 6.07) is 0.282. The average molecular weight is 312 g/mol. The molecule has 0 spiro atoms. The third kappa shape index (κ3) is 5.02. The Kier molecular flexibility index (Phi) is 6.17. The molecule has 1 aliphatic rings. The summed E-state index contributed by atoms with van der Waals surface area (Å²) in [5, 5.41) is 6.97. The molecule has 4 nitrogen and oxygen atoms in total. The van der Waals surface area contributed by atoms with Gasteiger partial charge in [-0.3, -0.25) is 0 Å². The van der Waals surface area contributed by atoms with Crippen molar-refractivity contribution in [2.45, 2.75) is 58.1 Å². The Balaban J connectivity index is 2.01. The van der Waals surface area contributed by atoms with Gasteiger partial charge in [-0.05, 0) is 13.0 Å². The molecule has 1 aliphatic heterocycles. The highest BCUT2D eigenvalue weighted by Gasteiger charge is 2.26. The predicted molar refractivity (Wildman–Crippen MR) is 87.2 cm³/mol. The van der Waals surface area contributed by atoms with Gasteiger partial charge in [0.05, 0.1) is 36.6 Å². The van der Waals surface area contributed by atoms with Crippen LogP contribution >= 0.6 is 11.3 Å². The number of rotatable bonds is 6. The van der Waals surface area contributed by atoms with Crippen molar-refractivity contribution in [2.24, 2.45) is 0 Å². The minimum absolute atomic E-state index is 0.117. The number of hydrogen-bond acceptors (Lipinski definition) is 5. The van der Waals surface area contributed by atoms with E-state index in [1.54, 1.807) is 11.3 Å². The van der Waals surface area contributed by atoms with Gasteiger partial charge in [-0.25, -0.2) is 4.98 Å². The van der Waals surface area contributed by atoms with E-state index >= 15 is 0 Å². The standard InChI is InChI=1S/C16H28N2O2S/c1-5-6-17-12(13-10-19-7-8-20-13)9-15-18-14(11-21-15)16(2,3)4/h11-13,17H,5-10H2,1-4H3. The lowest BCUT2D eigenvalue weighted by molar-refractivity contribution is -0.101. The number of ether oxygens (including phenoxy) is 2. The van der Waals surface area contributed by atoms with Gasteiger partial charge < -0.3 is 14.8 Å². The summed E-state index contributed by atoms with van der Waals surface area (Å²) in [6.45, 7) is 11.9. The summed E-state index contributed by atoms with van der Waals surface area (Å²) in [5.41, 5.74) is 1.29. The largest absolute Gasteiger partial charge is 0.376 e. The zero-order chi connectivity index (χ0) is 15.3. The van der Waals surface area contributed by atoms with Gasteiger partial charge in [-0.1, -0.05) is 27.7 Å². The van der Waals surface area contributed by atoms with Crippen molar-refractivity contribution in [2.75, 3.05) is 26.4 Å². The lowest BCUT2D eigenvalue weighted by atomic mass is 9.93. The van der Waals surface area contributed by atoms with Crippen molar-refractivity contribution in [3.63, 3.8) is 0 Å². The van der Waals surface area contributed by atoms with E-state index in [0.29, 0.717) is 19.8 Å². The van der Waals surface area contributed by atoms with E-state index in [2.05, 4.69) is 38.4 Å². The zero-order valence-electron chi connectivity index (χ0n) is 13.6. The lowest BCUT2D eigenvalue weighted by Gasteiger charge is -2.30. The minimum Gasteiger partial charge on any atom is -0.376 e. The molecule has 5 heteroatoms. The first-order valence-corrected chi connectivity index (χ1v) is 8.76. The quantitative estimate of drug-likeness (QED) is 0.877.